The third-order valence-corrected chi connectivity index (χ3v) is 4.32. The summed E-state index contributed by atoms with van der Waals surface area (Å²) in [5.74, 6) is -0.146. The Bertz CT molecular complexity index is 879. The van der Waals surface area contributed by atoms with Crippen LogP contribution in [0.1, 0.15) is 27.7 Å². The molecule has 128 valence electrons. The van der Waals surface area contributed by atoms with E-state index in [1.54, 1.807) is 47.6 Å². The number of rotatable bonds is 6. The van der Waals surface area contributed by atoms with Crippen molar-refractivity contribution in [3.8, 4) is 0 Å². The van der Waals surface area contributed by atoms with Crippen molar-refractivity contribution < 1.29 is 9.53 Å². The third kappa shape index (κ3) is 4.28. The van der Waals surface area contributed by atoms with E-state index in [1.165, 1.54) is 0 Å². The molecular weight excluding hydrogens is 359 g/mol. The Morgan fingerprint density at radius 3 is 2.76 bits per heavy atom. The lowest BCUT2D eigenvalue weighted by Crippen LogP contribution is -2.22. The van der Waals surface area contributed by atoms with E-state index in [-0.39, 0.29) is 12.4 Å². The number of nitrogens with zero attached hydrogens (tertiary/aromatic N) is 2. The predicted octanol–water partition coefficient (Wildman–Crippen LogP) is 5.10. The first kappa shape index (κ1) is 17.7. The van der Waals surface area contributed by atoms with E-state index >= 15 is 0 Å². The predicted molar refractivity (Wildman–Crippen MR) is 98.0 cm³/mol. The highest BCUT2D eigenvalue weighted by Gasteiger charge is 2.23. The molecule has 1 atom stereocenters. The first-order valence-corrected chi connectivity index (χ1v) is 8.44. The zero-order chi connectivity index (χ0) is 17.8. The summed E-state index contributed by atoms with van der Waals surface area (Å²) in [6.45, 7) is 2.12. The summed E-state index contributed by atoms with van der Waals surface area (Å²) in [5, 5.41) is 1.05. The Hall–Kier alpha value is -2.14. The van der Waals surface area contributed by atoms with Crippen molar-refractivity contribution in [3.05, 3.63) is 87.9 Å². The summed E-state index contributed by atoms with van der Waals surface area (Å²) in [6.07, 6.45) is 4.04. The molecule has 0 saturated carbocycles. The molecule has 0 N–H and O–H groups in total. The van der Waals surface area contributed by atoms with Crippen molar-refractivity contribution in [1.82, 2.24) is 9.55 Å². The van der Waals surface area contributed by atoms with Crippen molar-refractivity contribution >= 4 is 29.0 Å². The lowest BCUT2D eigenvalue weighted by atomic mass is 10.1. The monoisotopic (exact) mass is 374 g/mol. The van der Waals surface area contributed by atoms with Gasteiger partial charge in [-0.1, -0.05) is 53.0 Å². The van der Waals surface area contributed by atoms with Crippen LogP contribution in [0.4, 0.5) is 0 Å². The molecule has 3 aromatic rings. The number of carbonyl (C=O) groups excluding carboxylic acids is 1. The zero-order valence-electron chi connectivity index (χ0n) is 13.5. The van der Waals surface area contributed by atoms with Gasteiger partial charge < -0.3 is 9.30 Å². The molecular formula is C19H16Cl2N2O2. The van der Waals surface area contributed by atoms with E-state index in [2.05, 4.69) is 4.98 Å². The normalized spacial score (nSPS) is 12.1. The number of aryl methyl sites for hydroxylation is 1. The third-order valence-electron chi connectivity index (χ3n) is 3.73. The van der Waals surface area contributed by atoms with Gasteiger partial charge in [-0.2, -0.15) is 0 Å². The highest BCUT2D eigenvalue weighted by Crippen LogP contribution is 2.24. The molecule has 0 radical (unpaired) electrons. The number of halogens is 2. The molecule has 1 unspecified atom stereocenters. The van der Waals surface area contributed by atoms with E-state index in [1.807, 2.05) is 25.1 Å². The van der Waals surface area contributed by atoms with E-state index in [4.69, 9.17) is 27.9 Å². The highest BCUT2D eigenvalue weighted by molar-refractivity contribution is 6.35. The van der Waals surface area contributed by atoms with Crippen LogP contribution in [0.2, 0.25) is 10.0 Å². The molecule has 6 heteroatoms. The number of ketones is 1. The van der Waals surface area contributed by atoms with Gasteiger partial charge in [0.2, 0.25) is 5.78 Å². The Morgan fingerprint density at radius 1 is 1.24 bits per heavy atom. The summed E-state index contributed by atoms with van der Waals surface area (Å²) in [4.78, 5) is 16.9. The zero-order valence-corrected chi connectivity index (χ0v) is 15.0. The van der Waals surface area contributed by atoms with Crippen molar-refractivity contribution in [1.29, 1.82) is 0 Å². The van der Waals surface area contributed by atoms with Gasteiger partial charge in [0.25, 0.3) is 0 Å². The first-order chi connectivity index (χ1) is 12.0. The van der Waals surface area contributed by atoms with E-state index in [0.29, 0.717) is 15.6 Å². The second-order valence-corrected chi connectivity index (χ2v) is 6.49. The molecule has 0 aliphatic rings. The molecule has 0 bridgehead atoms. The van der Waals surface area contributed by atoms with Crippen LogP contribution in [-0.4, -0.2) is 15.3 Å². The van der Waals surface area contributed by atoms with Crippen LogP contribution in [0.15, 0.2) is 61.2 Å². The van der Waals surface area contributed by atoms with Gasteiger partial charge in [0.1, 0.15) is 0 Å². The smallest absolute Gasteiger partial charge is 0.212 e. The maximum absolute atomic E-state index is 12.9. The second-order valence-electron chi connectivity index (χ2n) is 5.64. The lowest BCUT2D eigenvalue weighted by Gasteiger charge is -2.19. The molecule has 1 heterocycles. The lowest BCUT2D eigenvalue weighted by molar-refractivity contribution is 0.000856. The molecule has 0 aliphatic heterocycles. The summed E-state index contributed by atoms with van der Waals surface area (Å²) < 4.78 is 7.53. The Labute approximate surface area is 156 Å². The van der Waals surface area contributed by atoms with Gasteiger partial charge in [0.15, 0.2) is 6.23 Å². The van der Waals surface area contributed by atoms with E-state index in [9.17, 15) is 4.79 Å². The number of carbonyl (C=O) groups is 1. The molecule has 3 rings (SSSR count). The number of ether oxygens (including phenoxy) is 1. The second kappa shape index (κ2) is 7.83. The maximum Gasteiger partial charge on any atom is 0.212 e. The Morgan fingerprint density at radius 2 is 2.08 bits per heavy atom. The maximum atomic E-state index is 12.9. The van der Waals surface area contributed by atoms with Crippen LogP contribution in [0.3, 0.4) is 0 Å². The van der Waals surface area contributed by atoms with Gasteiger partial charge in [-0.25, -0.2) is 4.98 Å². The fraction of sp³-hybridized carbons (Fsp3) is 0.158. The largest absolute Gasteiger partial charge is 0.345 e. The molecule has 4 nitrogen and oxygen atoms in total. The van der Waals surface area contributed by atoms with Crippen LogP contribution >= 0.6 is 23.2 Å². The van der Waals surface area contributed by atoms with Crippen LogP contribution in [0, 0.1) is 6.92 Å². The summed E-state index contributed by atoms with van der Waals surface area (Å²) in [5.41, 5.74) is 2.35. The number of hydrogen-bond acceptors (Lipinski definition) is 3. The molecule has 1 aromatic heterocycles. The van der Waals surface area contributed by atoms with Gasteiger partial charge >= 0.3 is 0 Å². The average molecular weight is 375 g/mol. The standard InChI is InChI=1S/C19H16Cl2N2O2/c1-13-3-2-4-14(9-13)18(24)19(23-8-7-22-12-23)25-11-15-5-6-16(20)10-17(15)21/h2-10,12,19H,11H2,1H3. The van der Waals surface area contributed by atoms with Gasteiger partial charge in [0, 0.05) is 28.0 Å². The molecule has 2 aromatic carbocycles. The summed E-state index contributed by atoms with van der Waals surface area (Å²) in [7, 11) is 0. The van der Waals surface area contributed by atoms with Crippen LogP contribution in [-0.2, 0) is 11.3 Å². The van der Waals surface area contributed by atoms with Crippen molar-refractivity contribution in [2.45, 2.75) is 19.8 Å². The van der Waals surface area contributed by atoms with Gasteiger partial charge in [-0.15, -0.1) is 0 Å². The van der Waals surface area contributed by atoms with Crippen molar-refractivity contribution in [3.63, 3.8) is 0 Å². The molecule has 25 heavy (non-hydrogen) atoms. The topological polar surface area (TPSA) is 44.1 Å². The minimum absolute atomic E-state index is 0.146. The molecule has 0 amide bonds. The molecule has 0 spiro atoms. The average Bonchev–Trinajstić information content (AvgIpc) is 3.11. The van der Waals surface area contributed by atoms with Crippen molar-refractivity contribution in [2.24, 2.45) is 0 Å². The summed E-state index contributed by atoms with van der Waals surface area (Å²) >= 11 is 12.1. The minimum Gasteiger partial charge on any atom is -0.345 e. The SMILES string of the molecule is Cc1cccc(C(=O)C(OCc2ccc(Cl)cc2Cl)n2ccnc2)c1. The molecule has 0 saturated heterocycles. The van der Waals surface area contributed by atoms with Crippen LogP contribution in [0.25, 0.3) is 0 Å². The molecule has 0 aliphatic carbocycles. The molecule has 0 fully saturated rings. The van der Waals surface area contributed by atoms with Gasteiger partial charge in [-0.3, -0.25) is 4.79 Å². The highest BCUT2D eigenvalue weighted by atomic mass is 35.5. The fourth-order valence-electron chi connectivity index (χ4n) is 2.45. The van der Waals surface area contributed by atoms with Crippen molar-refractivity contribution in [2.75, 3.05) is 0 Å². The quantitative estimate of drug-likeness (QED) is 0.564. The van der Waals surface area contributed by atoms with Crippen LogP contribution in [0.5, 0.6) is 0 Å². The number of aromatic nitrogens is 2. The van der Waals surface area contributed by atoms with Gasteiger partial charge in [0.05, 0.1) is 12.9 Å². The van der Waals surface area contributed by atoms with E-state index < -0.39 is 6.23 Å². The fourth-order valence-corrected chi connectivity index (χ4v) is 2.92. The Kier molecular flexibility index (Phi) is 5.53. The number of Topliss-reactive ketones (excluding diaryl/α,β-unsaturated/α-hetero) is 1. The number of benzene rings is 2. The van der Waals surface area contributed by atoms with Gasteiger partial charge in [-0.05, 0) is 30.7 Å². The number of imidazole rings is 1. The van der Waals surface area contributed by atoms with E-state index in [0.717, 1.165) is 11.1 Å². The summed E-state index contributed by atoms with van der Waals surface area (Å²) in [6, 6.07) is 12.6. The Balaban J connectivity index is 1.84. The van der Waals surface area contributed by atoms with Crippen LogP contribution < -0.4 is 0 Å². The first-order valence-electron chi connectivity index (χ1n) is 7.68. The minimum atomic E-state index is -0.823. The number of hydrogen-bond donors (Lipinski definition) is 0.